The van der Waals surface area contributed by atoms with E-state index in [-0.39, 0.29) is 23.2 Å². The molecule has 0 aliphatic carbocycles. The van der Waals surface area contributed by atoms with Crippen molar-refractivity contribution in [2.45, 2.75) is 65.5 Å². The summed E-state index contributed by atoms with van der Waals surface area (Å²) in [5.74, 6) is 0.817. The number of rotatable bonds is 12. The number of hydrogen-bond acceptors (Lipinski definition) is 8. The Kier molecular flexibility index (Phi) is 11.2. The molecule has 232 valence electrons. The number of piperidine rings is 1. The average Bonchev–Trinajstić information content (AvgIpc) is 3.47. The zero-order valence-electron chi connectivity index (χ0n) is 26.4. The number of thiazole rings is 1. The van der Waals surface area contributed by atoms with E-state index in [2.05, 4.69) is 56.0 Å². The fourth-order valence-corrected chi connectivity index (χ4v) is 6.16. The van der Waals surface area contributed by atoms with E-state index in [9.17, 15) is 9.59 Å². The summed E-state index contributed by atoms with van der Waals surface area (Å²) in [6, 6.07) is 14.9. The third-order valence-electron chi connectivity index (χ3n) is 7.85. The summed E-state index contributed by atoms with van der Waals surface area (Å²) in [7, 11) is 3.29. The first kappa shape index (κ1) is 32.5. The van der Waals surface area contributed by atoms with Crippen LogP contribution in [0.3, 0.4) is 0 Å². The van der Waals surface area contributed by atoms with Gasteiger partial charge in [-0.25, -0.2) is 4.98 Å². The third-order valence-corrected chi connectivity index (χ3v) is 8.68. The number of carbonyl (C=O) groups excluding carboxylic acids is 2. The summed E-state index contributed by atoms with van der Waals surface area (Å²) in [6.07, 6.45) is 2.35. The third kappa shape index (κ3) is 8.80. The van der Waals surface area contributed by atoms with Crippen molar-refractivity contribution in [1.29, 1.82) is 0 Å². The van der Waals surface area contributed by atoms with Crippen molar-refractivity contribution < 1.29 is 23.8 Å². The van der Waals surface area contributed by atoms with Gasteiger partial charge in [0.1, 0.15) is 10.7 Å². The van der Waals surface area contributed by atoms with Crippen LogP contribution in [0.25, 0.3) is 0 Å². The average molecular weight is 608 g/mol. The minimum absolute atomic E-state index is 0.0974. The van der Waals surface area contributed by atoms with Gasteiger partial charge in [0.05, 0.1) is 33.3 Å². The molecule has 9 heteroatoms. The molecule has 1 fully saturated rings. The van der Waals surface area contributed by atoms with Gasteiger partial charge in [0.15, 0.2) is 11.5 Å². The molecule has 8 nitrogen and oxygen atoms in total. The molecule has 1 aliphatic heterocycles. The summed E-state index contributed by atoms with van der Waals surface area (Å²) >= 11 is 1.51. The lowest BCUT2D eigenvalue weighted by molar-refractivity contribution is -0.149. The van der Waals surface area contributed by atoms with Crippen molar-refractivity contribution in [3.8, 4) is 11.5 Å². The molecule has 0 saturated carbocycles. The number of amides is 1. The normalized spacial score (nSPS) is 15.4. The van der Waals surface area contributed by atoms with Gasteiger partial charge in [-0.2, -0.15) is 0 Å². The monoisotopic (exact) mass is 607 g/mol. The minimum atomic E-state index is -0.271. The Morgan fingerprint density at radius 2 is 1.74 bits per heavy atom. The van der Waals surface area contributed by atoms with E-state index in [4.69, 9.17) is 19.2 Å². The van der Waals surface area contributed by atoms with Crippen LogP contribution in [0.15, 0.2) is 47.8 Å². The van der Waals surface area contributed by atoms with Gasteiger partial charge >= 0.3 is 5.97 Å². The Hall–Kier alpha value is -3.43. The molecule has 1 aromatic heterocycles. The van der Waals surface area contributed by atoms with Crippen molar-refractivity contribution in [2.75, 3.05) is 40.5 Å². The van der Waals surface area contributed by atoms with Crippen molar-refractivity contribution in [1.82, 2.24) is 14.8 Å². The molecule has 2 aromatic carbocycles. The standard InChI is InChI=1S/C34H45N3O5S/c1-7-42-33(39)26-9-8-17-37(21-26)32(38)28-23-43-31(35-28)22-36(20-25-10-13-27(14-11-25)34(2,3)4)18-16-24-12-15-29(40-5)30(19-24)41-6/h10-15,19,23,26H,7-9,16-18,20-22H2,1-6H3. The molecule has 1 atom stereocenters. The molecule has 1 aliphatic rings. The highest BCUT2D eigenvalue weighted by Gasteiger charge is 2.30. The van der Waals surface area contributed by atoms with Crippen LogP contribution in [0.1, 0.15) is 72.7 Å². The number of nitrogens with zero attached hydrogens (tertiary/aromatic N) is 3. The Morgan fingerprint density at radius 3 is 2.42 bits per heavy atom. The van der Waals surface area contributed by atoms with Crippen LogP contribution >= 0.6 is 11.3 Å². The summed E-state index contributed by atoms with van der Waals surface area (Å²) in [4.78, 5) is 34.5. The topological polar surface area (TPSA) is 81.2 Å². The second kappa shape index (κ2) is 14.8. The smallest absolute Gasteiger partial charge is 0.310 e. The first-order valence-electron chi connectivity index (χ1n) is 15.0. The molecule has 1 unspecified atom stereocenters. The first-order chi connectivity index (χ1) is 20.6. The summed E-state index contributed by atoms with van der Waals surface area (Å²) in [5, 5.41) is 2.73. The van der Waals surface area contributed by atoms with E-state index in [1.165, 1.54) is 22.5 Å². The van der Waals surface area contributed by atoms with Crippen LogP contribution in [0, 0.1) is 5.92 Å². The van der Waals surface area contributed by atoms with Crippen LogP contribution in [0.4, 0.5) is 0 Å². The molecule has 0 bridgehead atoms. The van der Waals surface area contributed by atoms with E-state index in [1.54, 1.807) is 26.0 Å². The quantitative estimate of drug-likeness (QED) is 0.230. The summed E-state index contributed by atoms with van der Waals surface area (Å²) in [6.45, 7) is 12.0. The fourth-order valence-electron chi connectivity index (χ4n) is 5.35. The van der Waals surface area contributed by atoms with Crippen molar-refractivity contribution in [3.63, 3.8) is 0 Å². The molecule has 1 saturated heterocycles. The van der Waals surface area contributed by atoms with Crippen LogP contribution in [0.5, 0.6) is 11.5 Å². The molecule has 2 heterocycles. The van der Waals surface area contributed by atoms with E-state index in [1.807, 2.05) is 17.5 Å². The van der Waals surface area contributed by atoms with E-state index >= 15 is 0 Å². The first-order valence-corrected chi connectivity index (χ1v) is 15.9. The van der Waals surface area contributed by atoms with Gasteiger partial charge in [0.2, 0.25) is 0 Å². The largest absolute Gasteiger partial charge is 0.493 e. The van der Waals surface area contributed by atoms with Gasteiger partial charge in [-0.3, -0.25) is 14.5 Å². The van der Waals surface area contributed by atoms with Crippen LogP contribution in [0.2, 0.25) is 0 Å². The number of ether oxygens (including phenoxy) is 3. The second-order valence-corrected chi connectivity index (χ2v) is 13.0. The highest BCUT2D eigenvalue weighted by molar-refractivity contribution is 7.09. The lowest BCUT2D eigenvalue weighted by atomic mass is 9.87. The van der Waals surface area contributed by atoms with Crippen molar-refractivity contribution in [2.24, 2.45) is 5.92 Å². The molecule has 43 heavy (non-hydrogen) atoms. The van der Waals surface area contributed by atoms with E-state index in [0.717, 1.165) is 48.7 Å². The zero-order valence-corrected chi connectivity index (χ0v) is 27.2. The van der Waals surface area contributed by atoms with E-state index in [0.29, 0.717) is 37.7 Å². The second-order valence-electron chi connectivity index (χ2n) is 12.1. The van der Waals surface area contributed by atoms with Gasteiger partial charge in [-0.05, 0) is 60.4 Å². The fraction of sp³-hybridized carbons (Fsp3) is 0.500. The predicted molar refractivity (Wildman–Crippen MR) is 170 cm³/mol. The Bertz CT molecular complexity index is 1370. The highest BCUT2D eigenvalue weighted by Crippen LogP contribution is 2.28. The number of hydrogen-bond donors (Lipinski definition) is 0. The minimum Gasteiger partial charge on any atom is -0.493 e. The van der Waals surface area contributed by atoms with Gasteiger partial charge in [0.25, 0.3) is 5.91 Å². The summed E-state index contributed by atoms with van der Waals surface area (Å²) in [5.41, 5.74) is 4.23. The molecule has 0 N–H and O–H groups in total. The Balaban J connectivity index is 1.47. The molecule has 4 rings (SSSR count). The molecule has 3 aromatic rings. The lowest BCUT2D eigenvalue weighted by Crippen LogP contribution is -2.43. The van der Waals surface area contributed by atoms with E-state index < -0.39 is 0 Å². The number of methoxy groups -OCH3 is 2. The SMILES string of the molecule is CCOC(=O)C1CCCN(C(=O)c2csc(CN(CCc3ccc(OC)c(OC)c3)Cc3ccc(C(C)(C)C)cc3)n2)C1. The number of esters is 1. The highest BCUT2D eigenvalue weighted by atomic mass is 32.1. The number of carbonyl (C=O) groups is 2. The predicted octanol–water partition coefficient (Wildman–Crippen LogP) is 6.12. The number of aromatic nitrogens is 1. The van der Waals surface area contributed by atoms with Gasteiger partial charge in [-0.1, -0.05) is 51.1 Å². The Morgan fingerprint density at radius 1 is 1.02 bits per heavy atom. The van der Waals surface area contributed by atoms with Crippen LogP contribution < -0.4 is 9.47 Å². The maximum Gasteiger partial charge on any atom is 0.310 e. The summed E-state index contributed by atoms with van der Waals surface area (Å²) < 4.78 is 16.1. The Labute approximate surface area is 260 Å². The number of benzene rings is 2. The lowest BCUT2D eigenvalue weighted by Gasteiger charge is -2.31. The maximum absolute atomic E-state index is 13.3. The zero-order chi connectivity index (χ0) is 31.0. The van der Waals surface area contributed by atoms with Crippen molar-refractivity contribution in [3.05, 3.63) is 75.2 Å². The van der Waals surface area contributed by atoms with Crippen molar-refractivity contribution >= 4 is 23.2 Å². The van der Waals surface area contributed by atoms with Crippen LogP contribution in [-0.2, 0) is 34.5 Å². The maximum atomic E-state index is 13.3. The van der Waals surface area contributed by atoms with Gasteiger partial charge in [-0.15, -0.1) is 11.3 Å². The molecule has 0 radical (unpaired) electrons. The molecule has 1 amide bonds. The number of likely N-dealkylation sites (tertiary alicyclic amines) is 1. The van der Waals surface area contributed by atoms with Gasteiger partial charge in [0, 0.05) is 31.6 Å². The van der Waals surface area contributed by atoms with Gasteiger partial charge < -0.3 is 19.1 Å². The molecule has 0 spiro atoms. The molecular formula is C34H45N3O5S. The van der Waals surface area contributed by atoms with Crippen LogP contribution in [-0.4, -0.2) is 67.1 Å². The molecular weight excluding hydrogens is 562 g/mol.